The first-order valence-electron chi connectivity index (χ1n) is 7.21. The summed E-state index contributed by atoms with van der Waals surface area (Å²) in [5.41, 5.74) is 0. The molecule has 1 aliphatic heterocycles. The van der Waals surface area contributed by atoms with Gasteiger partial charge in [-0.05, 0) is 47.2 Å². The number of nitrogens with zero attached hydrogens (tertiary/aromatic N) is 1. The van der Waals surface area contributed by atoms with E-state index in [9.17, 15) is 14.4 Å². The molecule has 1 fully saturated rings. The smallest absolute Gasteiger partial charge is 0.294 e. The van der Waals surface area contributed by atoms with Crippen LogP contribution >= 0.6 is 34.4 Å². The van der Waals surface area contributed by atoms with E-state index >= 15 is 0 Å². The number of imide groups is 1. The Morgan fingerprint density at radius 3 is 2.67 bits per heavy atom. The Balaban J connectivity index is 1.53. The second-order valence-corrected chi connectivity index (χ2v) is 7.97. The van der Waals surface area contributed by atoms with Crippen LogP contribution in [0, 0.1) is 0 Å². The third-order valence-electron chi connectivity index (χ3n) is 3.27. The number of carbonyl (C=O) groups excluding carboxylic acids is 3. The van der Waals surface area contributed by atoms with E-state index in [0.717, 1.165) is 28.0 Å². The fourth-order valence-electron chi connectivity index (χ4n) is 2.12. The summed E-state index contributed by atoms with van der Waals surface area (Å²) in [7, 11) is 0. The zero-order valence-electron chi connectivity index (χ0n) is 12.6. The number of hydrogen-bond donors (Lipinski definition) is 1. The quantitative estimate of drug-likeness (QED) is 0.784. The molecule has 0 aromatic carbocycles. The van der Waals surface area contributed by atoms with Crippen molar-refractivity contribution in [1.29, 1.82) is 0 Å². The van der Waals surface area contributed by atoms with Gasteiger partial charge < -0.3 is 5.32 Å². The van der Waals surface area contributed by atoms with E-state index < -0.39 is 11.1 Å². The van der Waals surface area contributed by atoms with Gasteiger partial charge in [0.25, 0.3) is 11.1 Å². The summed E-state index contributed by atoms with van der Waals surface area (Å²) in [6.07, 6.45) is 2.42. The van der Waals surface area contributed by atoms with Crippen molar-refractivity contribution in [2.75, 3.05) is 13.1 Å². The second kappa shape index (κ2) is 7.78. The van der Waals surface area contributed by atoms with Gasteiger partial charge in [0.2, 0.25) is 5.91 Å². The Kier molecular flexibility index (Phi) is 5.49. The van der Waals surface area contributed by atoms with Crippen molar-refractivity contribution < 1.29 is 14.4 Å². The SMILES string of the molecule is O=C(CN1C(=O)S/C(=C\c2cccs2)C1=O)NCCc1cccs1. The molecule has 124 valence electrons. The van der Waals surface area contributed by atoms with Gasteiger partial charge in [-0.25, -0.2) is 0 Å². The predicted molar refractivity (Wildman–Crippen MR) is 98.0 cm³/mol. The minimum Gasteiger partial charge on any atom is -0.354 e. The van der Waals surface area contributed by atoms with Gasteiger partial charge in [-0.15, -0.1) is 22.7 Å². The summed E-state index contributed by atoms with van der Waals surface area (Å²) < 4.78 is 0. The number of amides is 3. The van der Waals surface area contributed by atoms with E-state index in [2.05, 4.69) is 5.32 Å². The molecule has 0 radical (unpaired) electrons. The average Bonchev–Trinajstić information content (AvgIpc) is 3.28. The third-order valence-corrected chi connectivity index (χ3v) is 5.93. The van der Waals surface area contributed by atoms with Gasteiger partial charge in [0.15, 0.2) is 0 Å². The molecule has 0 spiro atoms. The number of carbonyl (C=O) groups is 3. The topological polar surface area (TPSA) is 66.5 Å². The largest absolute Gasteiger partial charge is 0.354 e. The molecule has 1 saturated heterocycles. The van der Waals surface area contributed by atoms with Crippen molar-refractivity contribution in [2.24, 2.45) is 0 Å². The first-order chi connectivity index (χ1) is 11.6. The summed E-state index contributed by atoms with van der Waals surface area (Å²) in [5.74, 6) is -0.738. The maximum absolute atomic E-state index is 12.3. The lowest BCUT2D eigenvalue weighted by atomic mass is 10.3. The number of nitrogens with one attached hydrogen (secondary N) is 1. The van der Waals surface area contributed by atoms with Crippen LogP contribution in [0.4, 0.5) is 4.79 Å². The molecule has 24 heavy (non-hydrogen) atoms. The third kappa shape index (κ3) is 4.14. The zero-order valence-corrected chi connectivity index (χ0v) is 15.0. The van der Waals surface area contributed by atoms with E-state index in [1.807, 2.05) is 35.0 Å². The van der Waals surface area contributed by atoms with Crippen LogP contribution in [-0.4, -0.2) is 35.0 Å². The van der Waals surface area contributed by atoms with Crippen LogP contribution in [0.2, 0.25) is 0 Å². The molecule has 0 atom stereocenters. The lowest BCUT2D eigenvalue weighted by Crippen LogP contribution is -2.40. The van der Waals surface area contributed by atoms with E-state index in [1.165, 1.54) is 16.2 Å². The van der Waals surface area contributed by atoms with Crippen molar-refractivity contribution in [3.05, 3.63) is 49.7 Å². The molecule has 2 aromatic rings. The highest BCUT2D eigenvalue weighted by atomic mass is 32.2. The molecule has 0 unspecified atom stereocenters. The molecule has 3 heterocycles. The van der Waals surface area contributed by atoms with Crippen LogP contribution in [0.15, 0.2) is 39.9 Å². The molecule has 1 N–H and O–H groups in total. The van der Waals surface area contributed by atoms with Crippen LogP contribution in [0.1, 0.15) is 9.75 Å². The highest BCUT2D eigenvalue weighted by molar-refractivity contribution is 8.18. The summed E-state index contributed by atoms with van der Waals surface area (Å²) in [6, 6.07) is 7.71. The molecule has 0 bridgehead atoms. The van der Waals surface area contributed by atoms with Crippen molar-refractivity contribution in [2.45, 2.75) is 6.42 Å². The molecular weight excluding hydrogens is 364 g/mol. The Morgan fingerprint density at radius 1 is 1.17 bits per heavy atom. The van der Waals surface area contributed by atoms with E-state index in [-0.39, 0.29) is 12.5 Å². The summed E-state index contributed by atoms with van der Waals surface area (Å²) in [6.45, 7) is 0.248. The number of rotatable bonds is 6. The van der Waals surface area contributed by atoms with Gasteiger partial charge in [-0.2, -0.15) is 0 Å². The Bertz CT molecular complexity index is 767. The van der Waals surface area contributed by atoms with Crippen LogP contribution in [-0.2, 0) is 16.0 Å². The molecule has 1 aliphatic rings. The van der Waals surface area contributed by atoms with Crippen molar-refractivity contribution >= 4 is 57.6 Å². The van der Waals surface area contributed by atoms with E-state index in [0.29, 0.717) is 11.4 Å². The van der Waals surface area contributed by atoms with Crippen LogP contribution in [0.5, 0.6) is 0 Å². The Hall–Kier alpha value is -1.90. The molecule has 2 aromatic heterocycles. The first kappa shape index (κ1) is 16.9. The standard InChI is InChI=1S/C16H14N2O3S3/c19-14(17-6-5-11-3-1-7-22-11)10-18-15(20)13(24-16(18)21)9-12-4-2-8-23-12/h1-4,7-9H,5-6,10H2,(H,17,19)/b13-9-. The van der Waals surface area contributed by atoms with Gasteiger partial charge in [0.05, 0.1) is 4.91 Å². The molecule has 5 nitrogen and oxygen atoms in total. The second-order valence-electron chi connectivity index (χ2n) is 4.96. The van der Waals surface area contributed by atoms with E-state index in [1.54, 1.807) is 17.4 Å². The fourth-order valence-corrected chi connectivity index (χ4v) is 4.39. The molecule has 0 saturated carbocycles. The summed E-state index contributed by atoms with van der Waals surface area (Å²) >= 11 is 3.99. The number of thiophene rings is 2. The summed E-state index contributed by atoms with van der Waals surface area (Å²) in [5, 5.41) is 6.22. The van der Waals surface area contributed by atoms with Crippen molar-refractivity contribution in [3.63, 3.8) is 0 Å². The monoisotopic (exact) mass is 378 g/mol. The highest BCUT2D eigenvalue weighted by Gasteiger charge is 2.36. The van der Waals surface area contributed by atoms with Gasteiger partial charge in [0, 0.05) is 16.3 Å². The maximum Gasteiger partial charge on any atom is 0.294 e. The van der Waals surface area contributed by atoms with E-state index in [4.69, 9.17) is 0 Å². The molecule has 0 aliphatic carbocycles. The van der Waals surface area contributed by atoms with Crippen LogP contribution in [0.3, 0.4) is 0 Å². The van der Waals surface area contributed by atoms with Gasteiger partial charge >= 0.3 is 0 Å². The molecule has 3 amide bonds. The lowest BCUT2D eigenvalue weighted by molar-refractivity contribution is -0.129. The fraction of sp³-hybridized carbons (Fsp3) is 0.188. The normalized spacial score (nSPS) is 16.2. The number of hydrogen-bond acceptors (Lipinski definition) is 6. The average molecular weight is 379 g/mol. The van der Waals surface area contributed by atoms with Gasteiger partial charge in [-0.3, -0.25) is 19.3 Å². The number of thioether (sulfide) groups is 1. The van der Waals surface area contributed by atoms with Crippen molar-refractivity contribution in [3.8, 4) is 0 Å². The minimum absolute atomic E-state index is 0.239. The maximum atomic E-state index is 12.3. The highest BCUT2D eigenvalue weighted by Crippen LogP contribution is 2.32. The van der Waals surface area contributed by atoms with Gasteiger partial charge in [0.1, 0.15) is 6.54 Å². The predicted octanol–water partition coefficient (Wildman–Crippen LogP) is 3.20. The molecule has 8 heteroatoms. The van der Waals surface area contributed by atoms with Gasteiger partial charge in [-0.1, -0.05) is 12.1 Å². The van der Waals surface area contributed by atoms with Crippen LogP contribution < -0.4 is 5.32 Å². The molecular formula is C16H14N2O3S3. The first-order valence-corrected chi connectivity index (χ1v) is 9.79. The summed E-state index contributed by atoms with van der Waals surface area (Å²) in [4.78, 5) is 39.6. The molecule has 3 rings (SSSR count). The Labute approximate surface area is 151 Å². The van der Waals surface area contributed by atoms with Crippen molar-refractivity contribution in [1.82, 2.24) is 10.2 Å². The Morgan fingerprint density at radius 2 is 1.96 bits per heavy atom. The minimum atomic E-state index is -0.410. The van der Waals surface area contributed by atoms with Crippen LogP contribution in [0.25, 0.3) is 6.08 Å². The lowest BCUT2D eigenvalue weighted by Gasteiger charge is -2.12. The zero-order chi connectivity index (χ0) is 16.9.